The van der Waals surface area contributed by atoms with Crippen LogP contribution in [0.4, 0.5) is 0 Å². The van der Waals surface area contributed by atoms with Gasteiger partial charge in [0, 0.05) is 12.8 Å². The molecule has 0 radical (unpaired) electrons. The summed E-state index contributed by atoms with van der Waals surface area (Å²) in [5.74, 6) is -0.0531. The van der Waals surface area contributed by atoms with Crippen LogP contribution in [-0.4, -0.2) is 47.4 Å². The highest BCUT2D eigenvalue weighted by atomic mass is 16.5. The number of allylic oxidation sites excluding steroid dienone is 4. The Bertz CT molecular complexity index is 1060. The summed E-state index contributed by atoms with van der Waals surface area (Å²) in [7, 11) is 0. The van der Waals surface area contributed by atoms with Crippen LogP contribution in [0.25, 0.3) is 0 Å². The summed E-state index contributed by atoms with van der Waals surface area (Å²) in [6, 6.07) is -0.552. The van der Waals surface area contributed by atoms with Gasteiger partial charge in [-0.15, -0.1) is 0 Å². The molecule has 0 fully saturated rings. The van der Waals surface area contributed by atoms with Gasteiger partial charge in [0.15, 0.2) is 0 Å². The van der Waals surface area contributed by atoms with Crippen molar-refractivity contribution in [1.82, 2.24) is 5.32 Å². The van der Waals surface area contributed by atoms with E-state index in [2.05, 4.69) is 43.5 Å². The number of carbonyl (C=O) groups is 2. The van der Waals surface area contributed by atoms with Crippen molar-refractivity contribution in [3.8, 4) is 0 Å². The van der Waals surface area contributed by atoms with Crippen molar-refractivity contribution in [3.05, 3.63) is 24.3 Å². The second-order valence-corrected chi connectivity index (χ2v) is 21.0. The van der Waals surface area contributed by atoms with Gasteiger partial charge >= 0.3 is 5.97 Å². The van der Waals surface area contributed by atoms with Gasteiger partial charge in [-0.25, -0.2) is 0 Å². The molecular weight excluding hydrogens is 839 g/mol. The minimum Gasteiger partial charge on any atom is -0.466 e. The predicted molar refractivity (Wildman–Crippen MR) is 296 cm³/mol. The summed E-state index contributed by atoms with van der Waals surface area (Å²) in [4.78, 5) is 24.5. The number of aliphatic hydroxyl groups is 2. The minimum absolute atomic E-state index is 0.00662. The average Bonchev–Trinajstić information content (AvgIpc) is 3.34. The van der Waals surface area contributed by atoms with Crippen LogP contribution >= 0.6 is 0 Å². The van der Waals surface area contributed by atoms with Crippen LogP contribution in [-0.2, 0) is 14.3 Å². The van der Waals surface area contributed by atoms with Crippen LogP contribution in [0.2, 0.25) is 0 Å². The lowest BCUT2D eigenvalue weighted by Gasteiger charge is -2.22. The Balaban J connectivity index is 3.45. The molecule has 0 saturated heterocycles. The fraction of sp³-hybridized carbons (Fsp3) is 0.903. The molecule has 0 aromatic rings. The molecular formula is C62H119NO5. The first-order chi connectivity index (χ1) is 33.5. The zero-order chi connectivity index (χ0) is 49.3. The molecule has 0 saturated carbocycles. The van der Waals surface area contributed by atoms with Crippen LogP contribution in [0.15, 0.2) is 24.3 Å². The summed E-state index contributed by atoms with van der Waals surface area (Å²) in [5, 5.41) is 23.4. The van der Waals surface area contributed by atoms with Gasteiger partial charge in [-0.1, -0.05) is 269 Å². The monoisotopic (exact) mass is 958 g/mol. The van der Waals surface area contributed by atoms with Crippen molar-refractivity contribution in [2.45, 2.75) is 347 Å². The number of esters is 1. The number of nitrogens with one attached hydrogen (secondary N) is 1. The van der Waals surface area contributed by atoms with Crippen molar-refractivity contribution >= 4 is 11.9 Å². The van der Waals surface area contributed by atoms with E-state index < -0.39 is 12.1 Å². The van der Waals surface area contributed by atoms with E-state index in [-0.39, 0.29) is 18.5 Å². The molecule has 0 aromatic heterocycles. The molecule has 6 heteroatoms. The third-order valence-corrected chi connectivity index (χ3v) is 14.2. The maximum Gasteiger partial charge on any atom is 0.305 e. The fourth-order valence-electron chi connectivity index (χ4n) is 9.51. The number of hydrogen-bond acceptors (Lipinski definition) is 5. The van der Waals surface area contributed by atoms with Crippen molar-refractivity contribution in [2.24, 2.45) is 0 Å². The van der Waals surface area contributed by atoms with Crippen LogP contribution in [0.5, 0.6) is 0 Å². The lowest BCUT2D eigenvalue weighted by Crippen LogP contribution is -2.45. The van der Waals surface area contributed by atoms with Crippen molar-refractivity contribution in [2.75, 3.05) is 13.2 Å². The molecule has 0 aromatic carbocycles. The van der Waals surface area contributed by atoms with Crippen LogP contribution in [0, 0.1) is 0 Å². The van der Waals surface area contributed by atoms with Gasteiger partial charge in [-0.2, -0.15) is 0 Å². The Morgan fingerprint density at radius 1 is 0.397 bits per heavy atom. The quantitative estimate of drug-likeness (QED) is 0.0321. The number of unbranched alkanes of at least 4 members (excludes halogenated alkanes) is 42. The Morgan fingerprint density at radius 2 is 0.691 bits per heavy atom. The van der Waals surface area contributed by atoms with Gasteiger partial charge in [0.25, 0.3) is 0 Å². The first-order valence-corrected chi connectivity index (χ1v) is 30.6. The minimum atomic E-state index is -0.674. The Morgan fingerprint density at radius 3 is 1.07 bits per heavy atom. The van der Waals surface area contributed by atoms with Gasteiger partial charge < -0.3 is 20.3 Å². The molecule has 0 spiro atoms. The van der Waals surface area contributed by atoms with Crippen molar-refractivity contribution in [1.29, 1.82) is 0 Å². The van der Waals surface area contributed by atoms with Crippen LogP contribution < -0.4 is 5.32 Å². The van der Waals surface area contributed by atoms with E-state index in [0.717, 1.165) is 57.8 Å². The largest absolute Gasteiger partial charge is 0.466 e. The summed E-state index contributed by atoms with van der Waals surface area (Å²) in [6.07, 6.45) is 70.4. The molecule has 0 rings (SSSR count). The Hall–Kier alpha value is -1.66. The predicted octanol–water partition coefficient (Wildman–Crippen LogP) is 19.0. The van der Waals surface area contributed by atoms with E-state index >= 15 is 0 Å². The zero-order valence-corrected chi connectivity index (χ0v) is 45.9. The third kappa shape index (κ3) is 53.7. The Kier molecular flexibility index (Phi) is 56.5. The second-order valence-electron chi connectivity index (χ2n) is 21.0. The van der Waals surface area contributed by atoms with E-state index in [9.17, 15) is 19.8 Å². The molecule has 0 heterocycles. The molecule has 2 unspecified atom stereocenters. The third-order valence-electron chi connectivity index (χ3n) is 14.2. The molecule has 0 aliphatic heterocycles. The van der Waals surface area contributed by atoms with E-state index in [1.165, 1.54) is 244 Å². The molecule has 3 N–H and O–H groups in total. The number of amides is 1. The molecule has 68 heavy (non-hydrogen) atoms. The summed E-state index contributed by atoms with van der Waals surface area (Å²) >= 11 is 0. The van der Waals surface area contributed by atoms with E-state index in [0.29, 0.717) is 25.9 Å². The Labute approximate surface area is 424 Å². The molecule has 1 amide bonds. The number of hydrogen-bond donors (Lipinski definition) is 3. The number of ether oxygens (including phenoxy) is 1. The average molecular weight is 959 g/mol. The number of aliphatic hydroxyl groups excluding tert-OH is 2. The first-order valence-electron chi connectivity index (χ1n) is 30.6. The fourth-order valence-corrected chi connectivity index (χ4v) is 9.51. The topological polar surface area (TPSA) is 95.9 Å². The molecule has 6 nitrogen and oxygen atoms in total. The maximum absolute atomic E-state index is 12.5. The summed E-state index contributed by atoms with van der Waals surface area (Å²) in [6.45, 7) is 4.93. The van der Waals surface area contributed by atoms with Gasteiger partial charge in [-0.05, 0) is 77.0 Å². The second kappa shape index (κ2) is 57.9. The van der Waals surface area contributed by atoms with Crippen molar-refractivity contribution < 1.29 is 24.5 Å². The standard InChI is InChI=1S/C62H119NO5/c1-3-5-7-9-11-13-15-17-18-19-20-21-22-25-28-31-34-38-42-46-50-54-60(65)59(58-64)63-61(66)55-51-47-43-39-35-32-29-26-23-24-27-30-33-37-41-45-49-53-57-68-62(67)56-52-48-44-40-36-16-14-12-10-8-6-4-2/h12,14,26,29,59-60,64-65H,3-11,13,15-25,27-28,30-58H2,1-2H3,(H,63,66)/b14-12-,29-26-. The normalized spacial score (nSPS) is 12.7. The van der Waals surface area contributed by atoms with Gasteiger partial charge in [0.2, 0.25) is 5.91 Å². The lowest BCUT2D eigenvalue weighted by molar-refractivity contribution is -0.143. The SMILES string of the molecule is CCCCC/C=C\CCCCCCCC(=O)OCCCCCCCCCCC/C=C\CCCCCCCC(=O)NC(CO)C(O)CCCCCCCCCCCCCCCCCCCCCCC. The van der Waals surface area contributed by atoms with Crippen LogP contribution in [0.3, 0.4) is 0 Å². The first kappa shape index (κ1) is 66.3. The van der Waals surface area contributed by atoms with Gasteiger partial charge in [-0.3, -0.25) is 9.59 Å². The lowest BCUT2D eigenvalue weighted by atomic mass is 10.0. The van der Waals surface area contributed by atoms with Crippen molar-refractivity contribution in [3.63, 3.8) is 0 Å². The van der Waals surface area contributed by atoms with Gasteiger partial charge in [0.05, 0.1) is 25.4 Å². The number of rotatable bonds is 57. The number of carbonyl (C=O) groups excluding carboxylic acids is 2. The van der Waals surface area contributed by atoms with E-state index in [4.69, 9.17) is 4.74 Å². The van der Waals surface area contributed by atoms with E-state index in [1.807, 2.05) is 0 Å². The molecule has 402 valence electrons. The molecule has 0 aliphatic rings. The zero-order valence-electron chi connectivity index (χ0n) is 45.9. The molecule has 0 bridgehead atoms. The molecule has 0 aliphatic carbocycles. The highest BCUT2D eigenvalue weighted by Gasteiger charge is 2.20. The maximum atomic E-state index is 12.5. The smallest absolute Gasteiger partial charge is 0.305 e. The highest BCUT2D eigenvalue weighted by molar-refractivity contribution is 5.76. The van der Waals surface area contributed by atoms with Gasteiger partial charge in [0.1, 0.15) is 0 Å². The van der Waals surface area contributed by atoms with E-state index in [1.54, 1.807) is 0 Å². The summed E-state index contributed by atoms with van der Waals surface area (Å²) < 4.78 is 5.46. The summed E-state index contributed by atoms with van der Waals surface area (Å²) in [5.41, 5.74) is 0. The molecule has 2 atom stereocenters. The van der Waals surface area contributed by atoms with Crippen LogP contribution in [0.1, 0.15) is 335 Å². The highest BCUT2D eigenvalue weighted by Crippen LogP contribution is 2.17.